The van der Waals surface area contributed by atoms with Gasteiger partial charge in [0, 0.05) is 38.3 Å². The van der Waals surface area contributed by atoms with Crippen molar-refractivity contribution in [2.75, 3.05) is 32.1 Å². The third kappa shape index (κ3) is 6.45. The van der Waals surface area contributed by atoms with Crippen LogP contribution >= 0.6 is 0 Å². The molecule has 0 atom stereocenters. The van der Waals surface area contributed by atoms with Gasteiger partial charge in [0.1, 0.15) is 18.1 Å². The van der Waals surface area contributed by atoms with E-state index in [0.717, 1.165) is 5.69 Å². The van der Waals surface area contributed by atoms with Crippen LogP contribution in [-0.4, -0.2) is 53.1 Å². The minimum Gasteiger partial charge on any atom is -0.467 e. The summed E-state index contributed by atoms with van der Waals surface area (Å²) in [7, 11) is 3.42. The fourth-order valence-corrected chi connectivity index (χ4v) is 3.17. The molecular weight excluding hydrogens is 415 g/mol. The first-order chi connectivity index (χ1) is 15.5. The number of carbonyl (C=O) groups is 2. The summed E-state index contributed by atoms with van der Waals surface area (Å²) in [6.45, 7) is 0.894. The van der Waals surface area contributed by atoms with Gasteiger partial charge in [0.05, 0.1) is 26.0 Å². The van der Waals surface area contributed by atoms with Gasteiger partial charge in [0.15, 0.2) is 0 Å². The number of nitrogens with zero attached hydrogens (tertiary/aromatic N) is 3. The molecule has 1 aromatic carbocycles. The van der Waals surface area contributed by atoms with Crippen molar-refractivity contribution < 1.29 is 23.1 Å². The maximum absolute atomic E-state index is 13.5. The maximum atomic E-state index is 13.5. The highest BCUT2D eigenvalue weighted by Gasteiger charge is 2.23. The fraction of sp³-hybridized carbons (Fsp3) is 0.304. The number of ether oxygens (including phenoxy) is 1. The van der Waals surface area contributed by atoms with E-state index in [2.05, 4.69) is 5.32 Å². The monoisotopic (exact) mass is 442 g/mol. The zero-order chi connectivity index (χ0) is 22.9. The summed E-state index contributed by atoms with van der Waals surface area (Å²) < 4.78 is 25.9. The van der Waals surface area contributed by atoms with E-state index in [1.165, 1.54) is 30.2 Å². The first-order valence-corrected chi connectivity index (χ1v) is 10.2. The molecule has 3 aromatic rings. The molecule has 1 N–H and O–H groups in total. The van der Waals surface area contributed by atoms with Crippen molar-refractivity contribution in [3.05, 3.63) is 78.3 Å². The molecule has 0 radical (unpaired) electrons. The van der Waals surface area contributed by atoms with Gasteiger partial charge >= 0.3 is 6.03 Å². The van der Waals surface area contributed by atoms with Crippen molar-refractivity contribution in [1.29, 1.82) is 0 Å². The van der Waals surface area contributed by atoms with Gasteiger partial charge in [-0.2, -0.15) is 0 Å². The number of amides is 3. The molecule has 8 nitrogen and oxygen atoms in total. The number of benzene rings is 1. The number of carbonyl (C=O) groups excluding carboxylic acids is 2. The molecule has 0 aliphatic carbocycles. The Morgan fingerprint density at radius 3 is 2.62 bits per heavy atom. The van der Waals surface area contributed by atoms with E-state index >= 15 is 0 Å². The van der Waals surface area contributed by atoms with Crippen LogP contribution in [0, 0.1) is 5.82 Å². The zero-order valence-corrected chi connectivity index (χ0v) is 18.2. The normalized spacial score (nSPS) is 10.7. The van der Waals surface area contributed by atoms with E-state index in [1.807, 2.05) is 29.9 Å². The van der Waals surface area contributed by atoms with Gasteiger partial charge in [-0.1, -0.05) is 6.07 Å². The SMILES string of the molecule is COCCN(CC(=O)N(Cc1ccco1)Cc1cccn1C)C(=O)Nc1cccc(F)c1. The number of hydrogen-bond donors (Lipinski definition) is 1. The van der Waals surface area contributed by atoms with Gasteiger partial charge in [-0.25, -0.2) is 9.18 Å². The smallest absolute Gasteiger partial charge is 0.322 e. The van der Waals surface area contributed by atoms with Crippen molar-refractivity contribution >= 4 is 17.6 Å². The Hall–Kier alpha value is -3.59. The lowest BCUT2D eigenvalue weighted by Gasteiger charge is -2.27. The van der Waals surface area contributed by atoms with Gasteiger partial charge in [-0.3, -0.25) is 4.79 Å². The van der Waals surface area contributed by atoms with Crippen LogP contribution in [0.2, 0.25) is 0 Å². The molecule has 0 unspecified atom stereocenters. The highest BCUT2D eigenvalue weighted by molar-refractivity contribution is 5.92. The lowest BCUT2D eigenvalue weighted by Crippen LogP contribution is -2.45. The maximum Gasteiger partial charge on any atom is 0.322 e. The molecule has 170 valence electrons. The second kappa shape index (κ2) is 11.1. The van der Waals surface area contributed by atoms with Crippen LogP contribution in [0.3, 0.4) is 0 Å². The minimum absolute atomic E-state index is 0.171. The number of hydrogen-bond acceptors (Lipinski definition) is 4. The van der Waals surface area contributed by atoms with Gasteiger partial charge in [-0.05, 0) is 42.5 Å². The summed E-state index contributed by atoms with van der Waals surface area (Å²) in [6, 6.07) is 12.5. The first-order valence-electron chi connectivity index (χ1n) is 10.2. The Bertz CT molecular complexity index is 1020. The predicted octanol–water partition coefficient (Wildman–Crippen LogP) is 3.47. The second-order valence-electron chi connectivity index (χ2n) is 7.29. The molecule has 0 aliphatic heterocycles. The van der Waals surface area contributed by atoms with Crippen LogP contribution in [-0.2, 0) is 29.7 Å². The van der Waals surface area contributed by atoms with Crippen molar-refractivity contribution in [3.8, 4) is 0 Å². The molecule has 0 saturated carbocycles. The molecule has 0 fully saturated rings. The number of furan rings is 1. The van der Waals surface area contributed by atoms with Gasteiger partial charge in [0.2, 0.25) is 5.91 Å². The average Bonchev–Trinajstić information content (AvgIpc) is 3.42. The molecule has 9 heteroatoms. The number of aryl methyl sites for hydroxylation is 1. The molecule has 0 aliphatic rings. The summed E-state index contributed by atoms with van der Waals surface area (Å²) in [5.41, 5.74) is 1.25. The van der Waals surface area contributed by atoms with Crippen molar-refractivity contribution in [2.45, 2.75) is 13.1 Å². The molecule has 0 bridgehead atoms. The Morgan fingerprint density at radius 2 is 1.97 bits per heavy atom. The quantitative estimate of drug-likeness (QED) is 0.522. The number of anilines is 1. The highest BCUT2D eigenvalue weighted by atomic mass is 19.1. The lowest BCUT2D eigenvalue weighted by molar-refractivity contribution is -0.133. The number of urea groups is 1. The van der Waals surface area contributed by atoms with Gasteiger partial charge in [0.25, 0.3) is 0 Å². The summed E-state index contributed by atoms with van der Waals surface area (Å²) in [5.74, 6) is -0.0807. The van der Waals surface area contributed by atoms with Gasteiger partial charge in [-0.15, -0.1) is 0 Å². The number of rotatable bonds is 10. The fourth-order valence-electron chi connectivity index (χ4n) is 3.17. The third-order valence-corrected chi connectivity index (χ3v) is 4.94. The summed E-state index contributed by atoms with van der Waals surface area (Å²) >= 11 is 0. The summed E-state index contributed by atoms with van der Waals surface area (Å²) in [6.07, 6.45) is 3.46. The van der Waals surface area contributed by atoms with E-state index < -0.39 is 11.8 Å². The van der Waals surface area contributed by atoms with Crippen LogP contribution in [0.5, 0.6) is 0 Å². The van der Waals surface area contributed by atoms with E-state index in [0.29, 0.717) is 18.0 Å². The van der Waals surface area contributed by atoms with Gasteiger partial charge < -0.3 is 28.8 Å². The van der Waals surface area contributed by atoms with Crippen LogP contribution in [0.25, 0.3) is 0 Å². The molecule has 0 spiro atoms. The number of nitrogens with one attached hydrogen (secondary N) is 1. The Balaban J connectivity index is 1.74. The molecule has 32 heavy (non-hydrogen) atoms. The lowest BCUT2D eigenvalue weighted by atomic mass is 10.3. The Labute approximate surface area is 186 Å². The van der Waals surface area contributed by atoms with Crippen molar-refractivity contribution in [3.63, 3.8) is 0 Å². The largest absolute Gasteiger partial charge is 0.467 e. The predicted molar refractivity (Wildman–Crippen MR) is 117 cm³/mol. The minimum atomic E-state index is -0.516. The Morgan fingerprint density at radius 1 is 1.12 bits per heavy atom. The molecule has 2 aromatic heterocycles. The standard InChI is InChI=1S/C23H27FN4O4/c1-26-10-4-8-20(26)15-28(16-21-9-5-12-32-21)22(29)17-27(11-13-31-2)23(30)25-19-7-3-6-18(24)14-19/h3-10,12,14H,11,13,15-17H2,1-2H3,(H,25,30). The number of methoxy groups -OCH3 is 1. The van der Waals surface area contributed by atoms with Crippen LogP contribution < -0.4 is 5.32 Å². The van der Waals surface area contributed by atoms with Crippen molar-refractivity contribution in [1.82, 2.24) is 14.4 Å². The second-order valence-corrected chi connectivity index (χ2v) is 7.29. The molecule has 3 rings (SSSR count). The van der Waals surface area contributed by atoms with Crippen LogP contribution in [0.4, 0.5) is 14.9 Å². The summed E-state index contributed by atoms with van der Waals surface area (Å²) in [4.78, 5) is 29.0. The van der Waals surface area contributed by atoms with Crippen molar-refractivity contribution in [2.24, 2.45) is 7.05 Å². The van der Waals surface area contributed by atoms with E-state index in [-0.39, 0.29) is 32.1 Å². The van der Waals surface area contributed by atoms with Crippen LogP contribution in [0.1, 0.15) is 11.5 Å². The van der Waals surface area contributed by atoms with E-state index in [1.54, 1.807) is 29.4 Å². The van der Waals surface area contributed by atoms with Crippen LogP contribution in [0.15, 0.2) is 65.4 Å². The molecule has 2 heterocycles. The highest BCUT2D eigenvalue weighted by Crippen LogP contribution is 2.13. The van der Waals surface area contributed by atoms with E-state index in [9.17, 15) is 14.0 Å². The Kier molecular flexibility index (Phi) is 8.04. The number of aromatic nitrogens is 1. The third-order valence-electron chi connectivity index (χ3n) is 4.94. The van der Waals surface area contributed by atoms with E-state index in [4.69, 9.17) is 9.15 Å². The molecule has 0 saturated heterocycles. The molecule has 3 amide bonds. The topological polar surface area (TPSA) is 80.0 Å². The first kappa shape index (κ1) is 23.1. The summed E-state index contributed by atoms with van der Waals surface area (Å²) in [5, 5.41) is 2.63. The number of halogens is 1. The zero-order valence-electron chi connectivity index (χ0n) is 18.2. The average molecular weight is 442 g/mol. The molecular formula is C23H27FN4O4.